The molecule has 2 aliphatic rings. The van der Waals surface area contributed by atoms with Gasteiger partial charge < -0.3 is 9.84 Å². The second-order valence-electron chi connectivity index (χ2n) is 5.80. The van der Waals surface area contributed by atoms with Crippen LogP contribution in [0.15, 0.2) is 40.8 Å². The summed E-state index contributed by atoms with van der Waals surface area (Å²) in [4.78, 5) is 1.20. The molecule has 20 heavy (non-hydrogen) atoms. The van der Waals surface area contributed by atoms with Crippen molar-refractivity contribution >= 4 is 11.8 Å². The van der Waals surface area contributed by atoms with Gasteiger partial charge in [0.05, 0.1) is 18.1 Å². The van der Waals surface area contributed by atoms with Crippen LogP contribution in [0, 0.1) is 0 Å². The highest BCUT2D eigenvalue weighted by Gasteiger charge is 2.43. The van der Waals surface area contributed by atoms with E-state index in [0.717, 1.165) is 25.0 Å². The molecule has 1 atom stereocenters. The predicted octanol–water partition coefficient (Wildman–Crippen LogP) is 4.18. The fourth-order valence-electron chi connectivity index (χ4n) is 2.85. The van der Waals surface area contributed by atoms with Gasteiger partial charge in [-0.25, -0.2) is 0 Å². The van der Waals surface area contributed by atoms with Gasteiger partial charge in [0.2, 0.25) is 0 Å². The first-order valence-electron chi connectivity index (χ1n) is 7.44. The number of thioether (sulfide) groups is 1. The zero-order valence-corrected chi connectivity index (χ0v) is 12.8. The summed E-state index contributed by atoms with van der Waals surface area (Å²) < 4.78 is 5.64. The van der Waals surface area contributed by atoms with E-state index in [9.17, 15) is 5.11 Å². The quantitative estimate of drug-likeness (QED) is 0.844. The van der Waals surface area contributed by atoms with Crippen LogP contribution < -0.4 is 4.74 Å². The summed E-state index contributed by atoms with van der Waals surface area (Å²) in [5.41, 5.74) is 1.26. The Hall–Kier alpha value is -0.930. The van der Waals surface area contributed by atoms with E-state index in [1.165, 1.54) is 29.7 Å². The second kappa shape index (κ2) is 5.82. The molecule has 1 aromatic carbocycles. The summed E-state index contributed by atoms with van der Waals surface area (Å²) >= 11 is 1.89. The lowest BCUT2D eigenvalue weighted by Gasteiger charge is -2.23. The Morgan fingerprint density at radius 1 is 1.30 bits per heavy atom. The van der Waals surface area contributed by atoms with Crippen LogP contribution >= 0.6 is 11.8 Å². The Morgan fingerprint density at radius 3 is 2.80 bits per heavy atom. The Labute approximate surface area is 125 Å². The summed E-state index contributed by atoms with van der Waals surface area (Å²) in [6.07, 6.45) is 8.92. The smallest absolute Gasteiger partial charge is 0.132 e. The first-order chi connectivity index (χ1) is 9.72. The number of hydrogen-bond acceptors (Lipinski definition) is 3. The molecule has 1 aromatic rings. The SMILES string of the molecule is COc1ccccc1SC1(/C=C2\CCCCC2O)CC1. The summed E-state index contributed by atoms with van der Waals surface area (Å²) in [7, 11) is 1.72. The summed E-state index contributed by atoms with van der Waals surface area (Å²) in [5, 5.41) is 10.1. The third-order valence-corrected chi connectivity index (χ3v) is 5.68. The maximum absolute atomic E-state index is 10.1. The minimum absolute atomic E-state index is 0.197. The van der Waals surface area contributed by atoms with Crippen LogP contribution in [0.25, 0.3) is 0 Å². The molecular formula is C17H22O2S. The third-order valence-electron chi connectivity index (χ3n) is 4.19. The van der Waals surface area contributed by atoms with E-state index >= 15 is 0 Å². The lowest BCUT2D eigenvalue weighted by molar-refractivity contribution is 0.178. The van der Waals surface area contributed by atoms with Gasteiger partial charge in [-0.15, -0.1) is 11.8 Å². The van der Waals surface area contributed by atoms with Crippen molar-refractivity contribution in [2.24, 2.45) is 0 Å². The van der Waals surface area contributed by atoms with Crippen LogP contribution in [-0.4, -0.2) is 23.1 Å². The Balaban J connectivity index is 1.78. The molecule has 0 saturated heterocycles. The molecule has 1 unspecified atom stereocenters. The van der Waals surface area contributed by atoms with Crippen molar-refractivity contribution in [3.63, 3.8) is 0 Å². The zero-order chi connectivity index (χ0) is 14.0. The normalized spacial score (nSPS) is 26.5. The van der Waals surface area contributed by atoms with E-state index in [-0.39, 0.29) is 10.9 Å². The van der Waals surface area contributed by atoms with Gasteiger partial charge >= 0.3 is 0 Å². The van der Waals surface area contributed by atoms with E-state index in [4.69, 9.17) is 4.74 Å². The molecule has 1 N–H and O–H groups in total. The molecule has 2 aliphatic carbocycles. The highest BCUT2D eigenvalue weighted by Crippen LogP contribution is 2.55. The maximum atomic E-state index is 10.1. The average molecular weight is 290 g/mol. The van der Waals surface area contributed by atoms with Gasteiger partial charge in [0, 0.05) is 4.75 Å². The zero-order valence-electron chi connectivity index (χ0n) is 12.0. The molecule has 0 spiro atoms. The van der Waals surface area contributed by atoms with Crippen LogP contribution in [0.5, 0.6) is 5.75 Å². The number of rotatable bonds is 4. The Morgan fingerprint density at radius 2 is 2.10 bits per heavy atom. The molecule has 3 heteroatoms. The van der Waals surface area contributed by atoms with Gasteiger partial charge in [-0.2, -0.15) is 0 Å². The minimum atomic E-state index is -0.209. The Kier molecular flexibility index (Phi) is 4.08. The minimum Gasteiger partial charge on any atom is -0.496 e. The molecule has 108 valence electrons. The van der Waals surface area contributed by atoms with Crippen molar-refractivity contribution in [2.45, 2.75) is 54.3 Å². The number of benzene rings is 1. The van der Waals surface area contributed by atoms with E-state index in [1.807, 2.05) is 23.9 Å². The van der Waals surface area contributed by atoms with E-state index in [1.54, 1.807) is 7.11 Å². The van der Waals surface area contributed by atoms with Gasteiger partial charge in [-0.05, 0) is 49.8 Å². The molecule has 0 aliphatic heterocycles. The fourth-order valence-corrected chi connectivity index (χ4v) is 4.20. The Bertz CT molecular complexity index is 505. The van der Waals surface area contributed by atoms with Crippen LogP contribution in [0.1, 0.15) is 38.5 Å². The number of ether oxygens (including phenoxy) is 1. The van der Waals surface area contributed by atoms with Crippen molar-refractivity contribution in [2.75, 3.05) is 7.11 Å². The van der Waals surface area contributed by atoms with Crippen LogP contribution in [0.4, 0.5) is 0 Å². The summed E-state index contributed by atoms with van der Waals surface area (Å²) in [6.45, 7) is 0. The summed E-state index contributed by atoms with van der Waals surface area (Å²) in [6, 6.07) is 8.20. The third kappa shape index (κ3) is 3.04. The van der Waals surface area contributed by atoms with Gasteiger partial charge in [0.1, 0.15) is 5.75 Å². The molecule has 0 aromatic heterocycles. The first-order valence-corrected chi connectivity index (χ1v) is 8.26. The molecule has 2 saturated carbocycles. The van der Waals surface area contributed by atoms with Gasteiger partial charge in [-0.3, -0.25) is 0 Å². The molecule has 0 heterocycles. The molecule has 0 radical (unpaired) electrons. The van der Waals surface area contributed by atoms with Gasteiger partial charge in [-0.1, -0.05) is 24.6 Å². The summed E-state index contributed by atoms with van der Waals surface area (Å²) in [5.74, 6) is 0.950. The first kappa shape index (κ1) is 14.0. The molecule has 2 fully saturated rings. The molecule has 2 nitrogen and oxygen atoms in total. The number of hydrogen-bond donors (Lipinski definition) is 1. The fraction of sp³-hybridized carbons (Fsp3) is 0.529. The van der Waals surface area contributed by atoms with Crippen molar-refractivity contribution in [1.82, 2.24) is 0 Å². The average Bonchev–Trinajstić information content (AvgIpc) is 3.22. The monoisotopic (exact) mass is 290 g/mol. The van der Waals surface area contributed by atoms with Crippen LogP contribution in [0.3, 0.4) is 0 Å². The molecular weight excluding hydrogens is 268 g/mol. The lowest BCUT2D eigenvalue weighted by atomic mass is 9.91. The molecule has 0 amide bonds. The van der Waals surface area contributed by atoms with Gasteiger partial charge in [0.25, 0.3) is 0 Å². The van der Waals surface area contributed by atoms with Crippen molar-refractivity contribution in [1.29, 1.82) is 0 Å². The van der Waals surface area contributed by atoms with Crippen molar-refractivity contribution < 1.29 is 9.84 Å². The number of aliphatic hydroxyl groups excluding tert-OH is 1. The van der Waals surface area contributed by atoms with Crippen molar-refractivity contribution in [3.05, 3.63) is 35.9 Å². The number of aliphatic hydroxyl groups is 1. The topological polar surface area (TPSA) is 29.5 Å². The largest absolute Gasteiger partial charge is 0.496 e. The molecule has 0 bridgehead atoms. The highest BCUT2D eigenvalue weighted by atomic mass is 32.2. The second-order valence-corrected chi connectivity index (χ2v) is 7.26. The van der Waals surface area contributed by atoms with E-state index in [2.05, 4.69) is 18.2 Å². The standard InChI is InChI=1S/C17H22O2S/c1-19-15-8-4-5-9-16(15)20-17(10-11-17)12-13-6-2-3-7-14(13)18/h4-5,8-9,12,14,18H,2-3,6-7,10-11H2,1H3/b13-12+. The van der Waals surface area contributed by atoms with Gasteiger partial charge in [0.15, 0.2) is 0 Å². The predicted molar refractivity (Wildman–Crippen MR) is 83.4 cm³/mol. The van der Waals surface area contributed by atoms with Crippen molar-refractivity contribution in [3.8, 4) is 5.75 Å². The van der Waals surface area contributed by atoms with Crippen LogP contribution in [-0.2, 0) is 0 Å². The van der Waals surface area contributed by atoms with E-state index < -0.39 is 0 Å². The van der Waals surface area contributed by atoms with Crippen LogP contribution in [0.2, 0.25) is 0 Å². The lowest BCUT2D eigenvalue weighted by Crippen LogP contribution is -2.17. The maximum Gasteiger partial charge on any atom is 0.132 e. The van der Waals surface area contributed by atoms with E-state index in [0.29, 0.717) is 0 Å². The highest BCUT2D eigenvalue weighted by molar-refractivity contribution is 8.01. The molecule has 3 rings (SSSR count). The number of para-hydroxylation sites is 1. The number of methoxy groups -OCH3 is 1.